The number of benzene rings is 1. The predicted octanol–water partition coefficient (Wildman–Crippen LogP) is 2.74. The van der Waals surface area contributed by atoms with Gasteiger partial charge in [-0.25, -0.2) is 0 Å². The summed E-state index contributed by atoms with van der Waals surface area (Å²) in [4.78, 5) is 10.9. The smallest absolute Gasteiger partial charge is 0.209 e. The van der Waals surface area contributed by atoms with Gasteiger partial charge in [0.05, 0.1) is 0 Å². The molecule has 0 amide bonds. The van der Waals surface area contributed by atoms with Gasteiger partial charge in [-0.15, -0.1) is 6.42 Å². The second-order valence-electron chi connectivity index (χ2n) is 2.44. The summed E-state index contributed by atoms with van der Waals surface area (Å²) in [5.41, 5.74) is 0.591. The van der Waals surface area contributed by atoms with E-state index in [1.54, 1.807) is 18.2 Å². The molecule has 0 N–H and O–H groups in total. The molecule has 0 saturated carbocycles. The number of carbonyl (C=O) groups is 1. The molecule has 3 heteroatoms. The lowest BCUT2D eigenvalue weighted by Gasteiger charge is -2.02. The van der Waals surface area contributed by atoms with E-state index in [9.17, 15) is 4.79 Å². The Morgan fingerprint density at radius 2 is 1.92 bits per heavy atom. The molecule has 0 unspecified atom stereocenters. The lowest BCUT2D eigenvalue weighted by atomic mass is 10.1. The fraction of sp³-hybridized carbons (Fsp3) is 0.100. The van der Waals surface area contributed by atoms with Crippen molar-refractivity contribution in [3.05, 3.63) is 33.8 Å². The zero-order valence-electron chi connectivity index (χ0n) is 6.68. The molecule has 0 atom stereocenters. The highest BCUT2D eigenvalue weighted by molar-refractivity contribution is 6.36. The molecular weight excluding hydrogens is 207 g/mol. The van der Waals surface area contributed by atoms with Crippen LogP contribution in [0, 0.1) is 12.3 Å². The van der Waals surface area contributed by atoms with E-state index in [2.05, 4.69) is 0 Å². The Hall–Kier alpha value is -0.970. The van der Waals surface area contributed by atoms with Gasteiger partial charge in [-0.2, -0.15) is 0 Å². The van der Waals surface area contributed by atoms with Crippen molar-refractivity contribution < 1.29 is 4.79 Å². The van der Waals surface area contributed by atoms with Crippen LogP contribution in [0.2, 0.25) is 10.0 Å². The summed E-state index contributed by atoms with van der Waals surface area (Å²) >= 11 is 11.7. The summed E-state index contributed by atoms with van der Waals surface area (Å²) in [6, 6.07) is 5.06. The monoisotopic (exact) mass is 212 g/mol. The number of ketones is 1. The molecule has 1 nitrogen and oxygen atoms in total. The summed E-state index contributed by atoms with van der Waals surface area (Å²) < 4.78 is 0. The second-order valence-corrected chi connectivity index (χ2v) is 3.26. The van der Waals surface area contributed by atoms with Gasteiger partial charge in [0.1, 0.15) is 0 Å². The molecule has 0 aromatic heterocycles. The van der Waals surface area contributed by atoms with Gasteiger partial charge in [0, 0.05) is 16.5 Å². The lowest BCUT2D eigenvalue weighted by Crippen LogP contribution is -1.99. The van der Waals surface area contributed by atoms with Crippen LogP contribution in [0.5, 0.6) is 0 Å². The molecule has 0 saturated heterocycles. The first-order valence-electron chi connectivity index (χ1n) is 3.57. The number of hydrogen-bond donors (Lipinski definition) is 0. The van der Waals surface area contributed by atoms with Gasteiger partial charge >= 0.3 is 0 Å². The maximum atomic E-state index is 10.9. The van der Waals surface area contributed by atoms with Gasteiger partial charge in [0.2, 0.25) is 5.78 Å². The van der Waals surface area contributed by atoms with E-state index in [0.717, 1.165) is 0 Å². The van der Waals surface area contributed by atoms with Crippen molar-refractivity contribution in [3.8, 4) is 12.3 Å². The zero-order valence-corrected chi connectivity index (χ0v) is 8.19. The number of terminal acetylenes is 1. The molecule has 0 aliphatic carbocycles. The van der Waals surface area contributed by atoms with Crippen molar-refractivity contribution in [2.75, 3.05) is 0 Å². The number of rotatable bonds is 2. The first-order chi connectivity index (χ1) is 6.15. The highest BCUT2D eigenvalue weighted by Crippen LogP contribution is 2.24. The molecule has 0 aliphatic heterocycles. The summed E-state index contributed by atoms with van der Waals surface area (Å²) in [6.45, 7) is 0. The summed E-state index contributed by atoms with van der Waals surface area (Å²) in [6.07, 6.45) is 5.03. The first-order valence-corrected chi connectivity index (χ1v) is 4.33. The van der Waals surface area contributed by atoms with Crippen LogP contribution in [0.3, 0.4) is 0 Å². The summed E-state index contributed by atoms with van der Waals surface area (Å²) in [7, 11) is 0. The average molecular weight is 213 g/mol. The van der Waals surface area contributed by atoms with Crippen molar-refractivity contribution in [2.45, 2.75) is 6.42 Å². The molecular formula is C10H6Cl2O. The Bertz CT molecular complexity index is 357. The predicted molar refractivity (Wildman–Crippen MR) is 54.0 cm³/mol. The van der Waals surface area contributed by atoms with E-state index in [-0.39, 0.29) is 12.2 Å². The highest BCUT2D eigenvalue weighted by atomic mass is 35.5. The molecule has 0 fully saturated rings. The van der Waals surface area contributed by atoms with E-state index in [0.29, 0.717) is 15.6 Å². The quantitative estimate of drug-likeness (QED) is 0.545. The largest absolute Gasteiger partial charge is 0.285 e. The molecule has 1 aromatic rings. The minimum Gasteiger partial charge on any atom is -0.285 e. The standard InChI is InChI=1S/C10H6Cl2O/c1-2-7(13)6-8-9(11)4-3-5-10(8)12/h1,3-5H,6H2. The van der Waals surface area contributed by atoms with E-state index >= 15 is 0 Å². The van der Waals surface area contributed by atoms with Crippen molar-refractivity contribution in [1.29, 1.82) is 0 Å². The van der Waals surface area contributed by atoms with Gasteiger partial charge in [-0.3, -0.25) is 4.79 Å². The summed E-state index contributed by atoms with van der Waals surface area (Å²) in [5.74, 6) is 1.69. The van der Waals surface area contributed by atoms with Gasteiger partial charge in [-0.05, 0) is 23.6 Å². The third-order valence-electron chi connectivity index (χ3n) is 1.56. The number of Topliss-reactive ketones (excluding diaryl/α,β-unsaturated/α-hetero) is 1. The minimum atomic E-state index is -0.324. The molecule has 1 aromatic carbocycles. The van der Waals surface area contributed by atoms with Crippen LogP contribution in [-0.2, 0) is 11.2 Å². The van der Waals surface area contributed by atoms with Crippen LogP contribution in [0.15, 0.2) is 18.2 Å². The molecule has 13 heavy (non-hydrogen) atoms. The van der Waals surface area contributed by atoms with Crippen LogP contribution in [0.25, 0.3) is 0 Å². The maximum absolute atomic E-state index is 10.9. The SMILES string of the molecule is C#CC(=O)Cc1c(Cl)cccc1Cl. The first kappa shape index (κ1) is 10.1. The van der Waals surface area contributed by atoms with E-state index in [1.165, 1.54) is 0 Å². The Morgan fingerprint density at radius 1 is 1.38 bits per heavy atom. The third kappa shape index (κ3) is 2.48. The van der Waals surface area contributed by atoms with Gasteiger partial charge in [0.15, 0.2) is 0 Å². The zero-order chi connectivity index (χ0) is 9.84. The van der Waals surface area contributed by atoms with Crippen molar-refractivity contribution in [3.63, 3.8) is 0 Å². The maximum Gasteiger partial charge on any atom is 0.209 e. The average Bonchev–Trinajstić information content (AvgIpc) is 2.11. The van der Waals surface area contributed by atoms with Gasteiger partial charge < -0.3 is 0 Å². The Labute approximate surface area is 86.7 Å². The molecule has 66 valence electrons. The Morgan fingerprint density at radius 3 is 2.38 bits per heavy atom. The summed E-state index contributed by atoms with van der Waals surface area (Å²) in [5, 5.41) is 0.937. The highest BCUT2D eigenvalue weighted by Gasteiger charge is 2.08. The minimum absolute atomic E-state index is 0.0923. The van der Waals surface area contributed by atoms with Crippen molar-refractivity contribution in [1.82, 2.24) is 0 Å². The topological polar surface area (TPSA) is 17.1 Å². The van der Waals surface area contributed by atoms with Crippen molar-refractivity contribution >= 4 is 29.0 Å². The van der Waals surface area contributed by atoms with Crippen molar-refractivity contribution in [2.24, 2.45) is 0 Å². The molecule has 0 heterocycles. The van der Waals surface area contributed by atoms with Gasteiger partial charge in [0.25, 0.3) is 0 Å². The third-order valence-corrected chi connectivity index (χ3v) is 2.27. The van der Waals surface area contributed by atoms with Crippen LogP contribution in [0.4, 0.5) is 0 Å². The molecule has 0 spiro atoms. The van der Waals surface area contributed by atoms with Crippen LogP contribution in [0.1, 0.15) is 5.56 Å². The van der Waals surface area contributed by atoms with E-state index in [4.69, 9.17) is 29.6 Å². The molecule has 0 aliphatic rings. The second kappa shape index (κ2) is 4.32. The van der Waals surface area contributed by atoms with E-state index < -0.39 is 0 Å². The lowest BCUT2D eigenvalue weighted by molar-refractivity contribution is -0.113. The molecule has 0 bridgehead atoms. The van der Waals surface area contributed by atoms with Crippen LogP contribution >= 0.6 is 23.2 Å². The molecule has 0 radical (unpaired) electrons. The normalized spacial score (nSPS) is 9.31. The Kier molecular flexibility index (Phi) is 3.36. The fourth-order valence-electron chi connectivity index (χ4n) is 0.913. The van der Waals surface area contributed by atoms with E-state index in [1.807, 2.05) is 5.92 Å². The molecule has 1 rings (SSSR count). The number of carbonyl (C=O) groups excluding carboxylic acids is 1. The van der Waals surface area contributed by atoms with Gasteiger partial charge in [-0.1, -0.05) is 29.3 Å². The Balaban J connectivity index is 3.01. The number of halogens is 2. The number of hydrogen-bond acceptors (Lipinski definition) is 1. The fourth-order valence-corrected chi connectivity index (χ4v) is 1.44. The van der Waals surface area contributed by atoms with Crippen LogP contribution < -0.4 is 0 Å². The van der Waals surface area contributed by atoms with Crippen LogP contribution in [-0.4, -0.2) is 5.78 Å².